The van der Waals surface area contributed by atoms with E-state index in [1.165, 1.54) is 6.33 Å². The van der Waals surface area contributed by atoms with Gasteiger partial charge in [-0.3, -0.25) is 4.79 Å². The van der Waals surface area contributed by atoms with Crippen LogP contribution in [0.5, 0.6) is 0 Å². The Morgan fingerprint density at radius 3 is 2.83 bits per heavy atom. The fraction of sp³-hybridized carbons (Fsp3) is 0.0714. The summed E-state index contributed by atoms with van der Waals surface area (Å²) in [7, 11) is 1.93. The number of hydrogen-bond donors (Lipinski definition) is 0. The Labute approximate surface area is 104 Å². The SMILES string of the molecule is Cn1cc(C(=O)c2ccncn2)c2ccccc21. The third-order valence-corrected chi connectivity index (χ3v) is 2.96. The van der Waals surface area contributed by atoms with Gasteiger partial charge in [0.1, 0.15) is 12.0 Å². The molecule has 0 aliphatic rings. The van der Waals surface area contributed by atoms with E-state index in [-0.39, 0.29) is 5.78 Å². The minimum atomic E-state index is -0.0748. The first-order chi connectivity index (χ1) is 8.77. The van der Waals surface area contributed by atoms with Gasteiger partial charge >= 0.3 is 0 Å². The van der Waals surface area contributed by atoms with E-state index in [9.17, 15) is 4.79 Å². The van der Waals surface area contributed by atoms with Gasteiger partial charge in [-0.15, -0.1) is 0 Å². The number of aromatic nitrogens is 3. The Morgan fingerprint density at radius 1 is 1.22 bits per heavy atom. The molecule has 0 saturated carbocycles. The van der Waals surface area contributed by atoms with E-state index in [4.69, 9.17) is 0 Å². The Kier molecular flexibility index (Phi) is 2.41. The molecule has 88 valence electrons. The summed E-state index contributed by atoms with van der Waals surface area (Å²) in [5, 5.41) is 0.948. The molecule has 0 aliphatic heterocycles. The summed E-state index contributed by atoms with van der Waals surface area (Å²) in [6, 6.07) is 9.46. The van der Waals surface area contributed by atoms with Gasteiger partial charge in [-0.2, -0.15) is 0 Å². The van der Waals surface area contributed by atoms with Gasteiger partial charge in [-0.25, -0.2) is 9.97 Å². The summed E-state index contributed by atoms with van der Waals surface area (Å²) in [5.41, 5.74) is 2.13. The molecule has 2 aromatic heterocycles. The summed E-state index contributed by atoms with van der Waals surface area (Å²) < 4.78 is 1.95. The van der Waals surface area contributed by atoms with Crippen molar-refractivity contribution in [3.63, 3.8) is 0 Å². The first-order valence-corrected chi connectivity index (χ1v) is 5.62. The topological polar surface area (TPSA) is 47.8 Å². The van der Waals surface area contributed by atoms with Crippen molar-refractivity contribution < 1.29 is 4.79 Å². The lowest BCUT2D eigenvalue weighted by molar-refractivity contribution is 0.103. The highest BCUT2D eigenvalue weighted by molar-refractivity contribution is 6.15. The summed E-state index contributed by atoms with van der Waals surface area (Å²) in [6.45, 7) is 0. The predicted molar refractivity (Wildman–Crippen MR) is 68.4 cm³/mol. The maximum atomic E-state index is 12.4. The van der Waals surface area contributed by atoms with Crippen LogP contribution < -0.4 is 0 Å². The third kappa shape index (κ3) is 1.59. The number of benzene rings is 1. The van der Waals surface area contributed by atoms with Crippen molar-refractivity contribution in [2.24, 2.45) is 7.05 Å². The van der Waals surface area contributed by atoms with Crippen LogP contribution >= 0.6 is 0 Å². The normalized spacial score (nSPS) is 10.7. The van der Waals surface area contributed by atoms with Crippen LogP contribution in [0.15, 0.2) is 49.1 Å². The van der Waals surface area contributed by atoms with Crippen LogP contribution in [0.3, 0.4) is 0 Å². The van der Waals surface area contributed by atoms with Gasteiger partial charge in [0, 0.05) is 35.9 Å². The molecule has 0 radical (unpaired) electrons. The summed E-state index contributed by atoms with van der Waals surface area (Å²) in [5.74, 6) is -0.0748. The van der Waals surface area contributed by atoms with E-state index in [2.05, 4.69) is 9.97 Å². The van der Waals surface area contributed by atoms with Crippen LogP contribution in [0.2, 0.25) is 0 Å². The predicted octanol–water partition coefficient (Wildman–Crippen LogP) is 2.20. The lowest BCUT2D eigenvalue weighted by atomic mass is 10.1. The Balaban J connectivity index is 2.19. The number of hydrogen-bond acceptors (Lipinski definition) is 3. The maximum Gasteiger partial charge on any atom is 0.213 e. The van der Waals surface area contributed by atoms with Crippen LogP contribution in [-0.4, -0.2) is 20.3 Å². The van der Waals surface area contributed by atoms with Gasteiger partial charge < -0.3 is 4.57 Å². The molecule has 4 nitrogen and oxygen atoms in total. The highest BCUT2D eigenvalue weighted by Gasteiger charge is 2.16. The molecule has 0 N–H and O–H groups in total. The highest BCUT2D eigenvalue weighted by atomic mass is 16.1. The quantitative estimate of drug-likeness (QED) is 0.642. The minimum Gasteiger partial charge on any atom is -0.350 e. The summed E-state index contributed by atoms with van der Waals surface area (Å²) >= 11 is 0. The second kappa shape index (κ2) is 4.07. The number of aryl methyl sites for hydroxylation is 1. The zero-order valence-electron chi connectivity index (χ0n) is 9.87. The molecule has 0 amide bonds. The van der Waals surface area contributed by atoms with Crippen molar-refractivity contribution in [2.75, 3.05) is 0 Å². The third-order valence-electron chi connectivity index (χ3n) is 2.96. The molecule has 18 heavy (non-hydrogen) atoms. The zero-order chi connectivity index (χ0) is 12.5. The van der Waals surface area contributed by atoms with Crippen LogP contribution in [-0.2, 0) is 7.05 Å². The Bertz CT molecular complexity index is 716. The van der Waals surface area contributed by atoms with Crippen molar-refractivity contribution in [3.05, 3.63) is 60.3 Å². The van der Waals surface area contributed by atoms with Crippen molar-refractivity contribution >= 4 is 16.7 Å². The van der Waals surface area contributed by atoms with E-state index < -0.39 is 0 Å². The smallest absolute Gasteiger partial charge is 0.213 e. The Morgan fingerprint density at radius 2 is 2.06 bits per heavy atom. The van der Waals surface area contributed by atoms with Gasteiger partial charge in [0.2, 0.25) is 5.78 Å². The number of rotatable bonds is 2. The lowest BCUT2D eigenvalue weighted by Crippen LogP contribution is -2.03. The molecular weight excluding hydrogens is 226 g/mol. The molecular formula is C14H11N3O. The fourth-order valence-corrected chi connectivity index (χ4v) is 2.09. The lowest BCUT2D eigenvalue weighted by Gasteiger charge is -1.97. The van der Waals surface area contributed by atoms with Crippen LogP contribution in [0.1, 0.15) is 16.1 Å². The summed E-state index contributed by atoms with van der Waals surface area (Å²) in [4.78, 5) is 20.2. The molecule has 0 saturated heterocycles. The van der Waals surface area contributed by atoms with Gasteiger partial charge in [-0.05, 0) is 12.1 Å². The van der Waals surface area contributed by atoms with Crippen LogP contribution in [0.4, 0.5) is 0 Å². The number of ketones is 1. The number of fused-ring (bicyclic) bond motifs is 1. The first kappa shape index (κ1) is 10.7. The average Bonchev–Trinajstić information content (AvgIpc) is 2.77. The van der Waals surface area contributed by atoms with Gasteiger partial charge in [-0.1, -0.05) is 18.2 Å². The minimum absolute atomic E-state index is 0.0748. The zero-order valence-corrected chi connectivity index (χ0v) is 9.87. The van der Waals surface area contributed by atoms with Gasteiger partial charge in [0.15, 0.2) is 0 Å². The average molecular weight is 237 g/mol. The molecule has 0 spiro atoms. The standard InChI is InChI=1S/C14H11N3O/c1-17-8-11(10-4-2-3-5-13(10)17)14(18)12-6-7-15-9-16-12/h2-9H,1H3. The number of carbonyl (C=O) groups excluding carboxylic acids is 1. The fourth-order valence-electron chi connectivity index (χ4n) is 2.09. The second-order valence-electron chi connectivity index (χ2n) is 4.09. The van der Waals surface area contributed by atoms with Gasteiger partial charge in [0.05, 0.1) is 0 Å². The number of nitrogens with zero attached hydrogens (tertiary/aromatic N) is 3. The molecule has 0 unspecified atom stereocenters. The monoisotopic (exact) mass is 237 g/mol. The Hall–Kier alpha value is -2.49. The molecule has 1 aromatic carbocycles. The number of para-hydroxylation sites is 1. The molecule has 0 aliphatic carbocycles. The van der Waals surface area contributed by atoms with E-state index in [0.29, 0.717) is 11.3 Å². The van der Waals surface area contributed by atoms with E-state index in [1.54, 1.807) is 12.3 Å². The molecule has 4 heteroatoms. The van der Waals surface area contributed by atoms with E-state index >= 15 is 0 Å². The van der Waals surface area contributed by atoms with Crippen LogP contribution in [0, 0.1) is 0 Å². The number of carbonyl (C=O) groups is 1. The molecule has 2 heterocycles. The highest BCUT2D eigenvalue weighted by Crippen LogP contribution is 2.22. The van der Waals surface area contributed by atoms with Crippen LogP contribution in [0.25, 0.3) is 10.9 Å². The first-order valence-electron chi connectivity index (χ1n) is 5.62. The maximum absolute atomic E-state index is 12.4. The second-order valence-corrected chi connectivity index (χ2v) is 4.09. The van der Waals surface area contributed by atoms with Crippen molar-refractivity contribution in [3.8, 4) is 0 Å². The van der Waals surface area contributed by atoms with E-state index in [0.717, 1.165) is 10.9 Å². The molecule has 0 atom stereocenters. The molecule has 3 aromatic rings. The van der Waals surface area contributed by atoms with Crippen molar-refractivity contribution in [1.82, 2.24) is 14.5 Å². The molecule has 0 bridgehead atoms. The summed E-state index contributed by atoms with van der Waals surface area (Å²) in [6.07, 6.45) is 4.80. The largest absolute Gasteiger partial charge is 0.350 e. The van der Waals surface area contributed by atoms with E-state index in [1.807, 2.05) is 42.1 Å². The van der Waals surface area contributed by atoms with Crippen molar-refractivity contribution in [2.45, 2.75) is 0 Å². The molecule has 3 rings (SSSR count). The van der Waals surface area contributed by atoms with Gasteiger partial charge in [0.25, 0.3) is 0 Å². The van der Waals surface area contributed by atoms with Crippen molar-refractivity contribution in [1.29, 1.82) is 0 Å². The molecule has 0 fully saturated rings.